The number of rotatable bonds is 5. The Morgan fingerprint density at radius 1 is 0.923 bits per heavy atom. The summed E-state index contributed by atoms with van der Waals surface area (Å²) in [6, 6.07) is 17.6. The van der Waals surface area contributed by atoms with Gasteiger partial charge in [-0.1, -0.05) is 48.0 Å². The summed E-state index contributed by atoms with van der Waals surface area (Å²) in [6.45, 7) is 5.67. The summed E-state index contributed by atoms with van der Waals surface area (Å²) in [5.74, 6) is 0.0883. The molecule has 26 heavy (non-hydrogen) atoms. The van der Waals surface area contributed by atoms with E-state index in [4.69, 9.17) is 0 Å². The van der Waals surface area contributed by atoms with Crippen LogP contribution in [-0.2, 0) is 11.3 Å². The van der Waals surface area contributed by atoms with Crippen LogP contribution in [0.3, 0.4) is 0 Å². The molecule has 5 heteroatoms. The molecule has 5 nitrogen and oxygen atoms in total. The normalized spacial score (nSPS) is 14.9. The summed E-state index contributed by atoms with van der Waals surface area (Å²) < 4.78 is 0. The lowest BCUT2D eigenvalue weighted by atomic mass is 10.1. The van der Waals surface area contributed by atoms with Crippen molar-refractivity contribution in [2.75, 3.05) is 32.7 Å². The van der Waals surface area contributed by atoms with Crippen molar-refractivity contribution in [3.8, 4) is 0 Å². The van der Waals surface area contributed by atoms with E-state index in [1.807, 2.05) is 66.4 Å². The lowest BCUT2D eigenvalue weighted by molar-refractivity contribution is -0.122. The lowest BCUT2D eigenvalue weighted by Crippen LogP contribution is -2.51. The molecule has 1 aliphatic rings. The summed E-state index contributed by atoms with van der Waals surface area (Å²) in [5.41, 5.74) is 2.96. The van der Waals surface area contributed by atoms with Crippen molar-refractivity contribution in [3.05, 3.63) is 71.3 Å². The first kappa shape index (κ1) is 18.1. The van der Waals surface area contributed by atoms with Crippen molar-refractivity contribution in [1.29, 1.82) is 0 Å². The van der Waals surface area contributed by atoms with E-state index in [-0.39, 0.29) is 11.8 Å². The summed E-state index contributed by atoms with van der Waals surface area (Å²) in [7, 11) is 0. The van der Waals surface area contributed by atoms with Crippen LogP contribution < -0.4 is 5.32 Å². The van der Waals surface area contributed by atoms with Gasteiger partial charge in [-0.25, -0.2) is 0 Å². The predicted molar refractivity (Wildman–Crippen MR) is 102 cm³/mol. The smallest absolute Gasteiger partial charge is 0.253 e. The van der Waals surface area contributed by atoms with Crippen molar-refractivity contribution in [2.24, 2.45) is 0 Å². The quantitative estimate of drug-likeness (QED) is 0.897. The van der Waals surface area contributed by atoms with Crippen LogP contribution in [-0.4, -0.2) is 54.3 Å². The third-order valence-corrected chi connectivity index (χ3v) is 4.66. The second kappa shape index (κ2) is 8.63. The first-order chi connectivity index (χ1) is 12.6. The van der Waals surface area contributed by atoms with Crippen LogP contribution in [0, 0.1) is 6.92 Å². The Labute approximate surface area is 154 Å². The summed E-state index contributed by atoms with van der Waals surface area (Å²) in [5, 5.41) is 2.95. The second-order valence-corrected chi connectivity index (χ2v) is 6.70. The molecule has 136 valence electrons. The van der Waals surface area contributed by atoms with Crippen molar-refractivity contribution < 1.29 is 9.59 Å². The molecule has 1 N–H and O–H groups in total. The third kappa shape index (κ3) is 4.92. The molecule has 3 rings (SSSR count). The zero-order chi connectivity index (χ0) is 18.4. The summed E-state index contributed by atoms with van der Waals surface area (Å²) in [4.78, 5) is 28.6. The van der Waals surface area contributed by atoms with Gasteiger partial charge < -0.3 is 10.2 Å². The average Bonchev–Trinajstić information content (AvgIpc) is 2.68. The van der Waals surface area contributed by atoms with Gasteiger partial charge in [0.15, 0.2) is 0 Å². The SMILES string of the molecule is Cc1ccc(C(=O)N2CCN(CC(=O)NCc3ccccc3)CC2)cc1. The van der Waals surface area contributed by atoms with E-state index in [0.717, 1.165) is 29.8 Å². The average molecular weight is 351 g/mol. The maximum atomic E-state index is 12.5. The van der Waals surface area contributed by atoms with Crippen molar-refractivity contribution >= 4 is 11.8 Å². The molecule has 1 heterocycles. The Bertz CT molecular complexity index is 736. The third-order valence-electron chi connectivity index (χ3n) is 4.66. The number of piperazine rings is 1. The van der Waals surface area contributed by atoms with E-state index in [0.29, 0.717) is 26.2 Å². The van der Waals surface area contributed by atoms with Crippen LogP contribution in [0.5, 0.6) is 0 Å². The van der Waals surface area contributed by atoms with Gasteiger partial charge in [0.2, 0.25) is 5.91 Å². The molecule has 0 radical (unpaired) electrons. The first-order valence-electron chi connectivity index (χ1n) is 9.01. The number of benzene rings is 2. The van der Waals surface area contributed by atoms with E-state index >= 15 is 0 Å². The molecule has 2 aromatic rings. The van der Waals surface area contributed by atoms with Crippen molar-refractivity contribution in [2.45, 2.75) is 13.5 Å². The highest BCUT2D eigenvalue weighted by atomic mass is 16.2. The number of carbonyl (C=O) groups is 2. The zero-order valence-electron chi connectivity index (χ0n) is 15.1. The van der Waals surface area contributed by atoms with Crippen LogP contribution in [0.2, 0.25) is 0 Å². The second-order valence-electron chi connectivity index (χ2n) is 6.70. The van der Waals surface area contributed by atoms with E-state index in [9.17, 15) is 9.59 Å². The number of nitrogens with one attached hydrogen (secondary N) is 1. The number of hydrogen-bond acceptors (Lipinski definition) is 3. The zero-order valence-corrected chi connectivity index (χ0v) is 15.1. The molecule has 0 saturated carbocycles. The van der Waals surface area contributed by atoms with Crippen molar-refractivity contribution in [1.82, 2.24) is 15.1 Å². The monoisotopic (exact) mass is 351 g/mol. The van der Waals surface area contributed by atoms with Crippen LogP contribution in [0.4, 0.5) is 0 Å². The number of aryl methyl sites for hydroxylation is 1. The van der Waals surface area contributed by atoms with E-state index in [1.54, 1.807) is 0 Å². The Kier molecular flexibility index (Phi) is 6.02. The fourth-order valence-corrected chi connectivity index (χ4v) is 3.04. The maximum absolute atomic E-state index is 12.5. The summed E-state index contributed by atoms with van der Waals surface area (Å²) >= 11 is 0. The maximum Gasteiger partial charge on any atom is 0.253 e. The number of amides is 2. The topological polar surface area (TPSA) is 52.7 Å². The molecule has 1 saturated heterocycles. The van der Waals surface area contributed by atoms with Crippen LogP contribution in [0.15, 0.2) is 54.6 Å². The Balaban J connectivity index is 1.42. The van der Waals surface area contributed by atoms with Gasteiger partial charge in [0.25, 0.3) is 5.91 Å². The predicted octanol–water partition coefficient (Wildman–Crippen LogP) is 2.07. The Morgan fingerprint density at radius 2 is 1.58 bits per heavy atom. The number of hydrogen-bond donors (Lipinski definition) is 1. The largest absolute Gasteiger partial charge is 0.351 e. The van der Waals surface area contributed by atoms with Crippen LogP contribution in [0.25, 0.3) is 0 Å². The van der Waals surface area contributed by atoms with Gasteiger partial charge in [0.1, 0.15) is 0 Å². The fourth-order valence-electron chi connectivity index (χ4n) is 3.04. The van der Waals surface area contributed by atoms with Gasteiger partial charge in [0, 0.05) is 38.3 Å². The van der Waals surface area contributed by atoms with Gasteiger partial charge in [0.05, 0.1) is 6.54 Å². The molecule has 1 fully saturated rings. The minimum absolute atomic E-state index is 0.0205. The molecular weight excluding hydrogens is 326 g/mol. The van der Waals surface area contributed by atoms with Gasteiger partial charge in [-0.05, 0) is 24.6 Å². The molecule has 2 amide bonds. The highest BCUT2D eigenvalue weighted by Gasteiger charge is 2.23. The summed E-state index contributed by atoms with van der Waals surface area (Å²) in [6.07, 6.45) is 0. The molecule has 0 unspecified atom stereocenters. The van der Waals surface area contributed by atoms with Gasteiger partial charge in [-0.2, -0.15) is 0 Å². The van der Waals surface area contributed by atoms with E-state index < -0.39 is 0 Å². The minimum atomic E-state index is 0.0205. The molecule has 0 bridgehead atoms. The van der Waals surface area contributed by atoms with Gasteiger partial charge in [-0.3, -0.25) is 14.5 Å². The number of carbonyl (C=O) groups excluding carboxylic acids is 2. The van der Waals surface area contributed by atoms with Crippen molar-refractivity contribution in [3.63, 3.8) is 0 Å². The first-order valence-corrected chi connectivity index (χ1v) is 9.01. The number of nitrogens with zero attached hydrogens (tertiary/aromatic N) is 2. The Hall–Kier alpha value is -2.66. The minimum Gasteiger partial charge on any atom is -0.351 e. The standard InChI is InChI=1S/C21H25N3O2/c1-17-7-9-19(10-8-17)21(26)24-13-11-23(12-14-24)16-20(25)22-15-18-5-3-2-4-6-18/h2-10H,11-16H2,1H3,(H,22,25). The van der Waals surface area contributed by atoms with Gasteiger partial charge in [-0.15, -0.1) is 0 Å². The molecular formula is C21H25N3O2. The fraction of sp³-hybridized carbons (Fsp3) is 0.333. The van der Waals surface area contributed by atoms with E-state index in [2.05, 4.69) is 10.2 Å². The molecule has 2 aromatic carbocycles. The van der Waals surface area contributed by atoms with E-state index in [1.165, 1.54) is 0 Å². The van der Waals surface area contributed by atoms with Gasteiger partial charge >= 0.3 is 0 Å². The highest BCUT2D eigenvalue weighted by Crippen LogP contribution is 2.10. The lowest BCUT2D eigenvalue weighted by Gasteiger charge is -2.34. The molecule has 0 aliphatic carbocycles. The Morgan fingerprint density at radius 3 is 2.23 bits per heavy atom. The van der Waals surface area contributed by atoms with Crippen LogP contribution >= 0.6 is 0 Å². The highest BCUT2D eigenvalue weighted by molar-refractivity contribution is 5.94. The molecule has 1 aliphatic heterocycles. The molecule has 0 atom stereocenters. The molecule has 0 aromatic heterocycles. The molecule has 0 spiro atoms. The van der Waals surface area contributed by atoms with Crippen LogP contribution in [0.1, 0.15) is 21.5 Å².